The summed E-state index contributed by atoms with van der Waals surface area (Å²) < 4.78 is 45.8. The quantitative estimate of drug-likeness (QED) is 0.875. The number of aromatic nitrogens is 2. The standard InChI is InChI=1S/C16H14F3N3O3/c17-10-2-1-6-20-12(10)9-4-7-21-14(13(9)22-15(23)24)11-3-5-16(18,19)8-25-11/h1-2,4,6-7,11,22H,3,5,8H2,(H,23,24). The lowest BCUT2D eigenvalue weighted by Crippen LogP contribution is -2.31. The van der Waals surface area contributed by atoms with E-state index < -0.39 is 37.0 Å². The van der Waals surface area contributed by atoms with Gasteiger partial charge >= 0.3 is 6.09 Å². The molecule has 2 aromatic heterocycles. The highest BCUT2D eigenvalue weighted by atomic mass is 19.3. The molecule has 2 N–H and O–H groups in total. The Kier molecular flexibility index (Phi) is 4.58. The van der Waals surface area contributed by atoms with Crippen LogP contribution in [0.4, 0.5) is 23.7 Å². The largest absolute Gasteiger partial charge is 0.465 e. The number of nitrogens with one attached hydrogen (secondary N) is 1. The molecule has 3 heterocycles. The van der Waals surface area contributed by atoms with Crippen LogP contribution in [0.3, 0.4) is 0 Å². The molecule has 1 aliphatic rings. The van der Waals surface area contributed by atoms with Gasteiger partial charge < -0.3 is 9.84 Å². The van der Waals surface area contributed by atoms with Gasteiger partial charge in [0.1, 0.15) is 24.2 Å². The summed E-state index contributed by atoms with van der Waals surface area (Å²) in [4.78, 5) is 19.2. The van der Waals surface area contributed by atoms with Gasteiger partial charge in [0.25, 0.3) is 5.92 Å². The molecule has 1 unspecified atom stereocenters. The zero-order valence-corrected chi connectivity index (χ0v) is 12.9. The second kappa shape index (κ2) is 6.67. The van der Waals surface area contributed by atoms with Crippen LogP contribution in [0.1, 0.15) is 24.6 Å². The Morgan fingerprint density at radius 2 is 2.12 bits per heavy atom. The fourth-order valence-corrected chi connectivity index (χ4v) is 2.68. The van der Waals surface area contributed by atoms with Crippen LogP contribution in [0.15, 0.2) is 30.6 Å². The number of alkyl halides is 2. The Hall–Kier alpha value is -2.68. The van der Waals surface area contributed by atoms with Gasteiger partial charge in [0.05, 0.1) is 11.4 Å². The van der Waals surface area contributed by atoms with Crippen molar-refractivity contribution in [2.24, 2.45) is 0 Å². The van der Waals surface area contributed by atoms with Crippen molar-refractivity contribution in [3.05, 3.63) is 42.1 Å². The molecule has 0 saturated carbocycles. The topological polar surface area (TPSA) is 84.3 Å². The van der Waals surface area contributed by atoms with Gasteiger partial charge in [-0.25, -0.2) is 18.0 Å². The van der Waals surface area contributed by atoms with E-state index in [-0.39, 0.29) is 29.1 Å². The lowest BCUT2D eigenvalue weighted by molar-refractivity contribution is -0.146. The molecular weight excluding hydrogens is 339 g/mol. The van der Waals surface area contributed by atoms with Gasteiger partial charge in [-0.15, -0.1) is 0 Å². The van der Waals surface area contributed by atoms with Gasteiger partial charge in [0.15, 0.2) is 0 Å². The average Bonchev–Trinajstić information content (AvgIpc) is 2.56. The first-order valence-electron chi connectivity index (χ1n) is 7.46. The van der Waals surface area contributed by atoms with Crippen LogP contribution >= 0.6 is 0 Å². The van der Waals surface area contributed by atoms with E-state index in [0.717, 1.165) is 0 Å². The summed E-state index contributed by atoms with van der Waals surface area (Å²) in [6, 6.07) is 3.99. The van der Waals surface area contributed by atoms with Crippen LogP contribution in [0.5, 0.6) is 0 Å². The van der Waals surface area contributed by atoms with Crippen LogP contribution in [-0.4, -0.2) is 33.7 Å². The highest BCUT2D eigenvalue weighted by molar-refractivity contribution is 5.91. The Morgan fingerprint density at radius 3 is 2.76 bits per heavy atom. The molecular formula is C16H14F3N3O3. The number of amides is 1. The fourth-order valence-electron chi connectivity index (χ4n) is 2.68. The van der Waals surface area contributed by atoms with Gasteiger partial charge in [0, 0.05) is 24.4 Å². The van der Waals surface area contributed by atoms with E-state index in [1.807, 2.05) is 0 Å². The number of carbonyl (C=O) groups is 1. The van der Waals surface area contributed by atoms with Crippen molar-refractivity contribution in [2.75, 3.05) is 11.9 Å². The predicted octanol–water partition coefficient (Wildman–Crippen LogP) is 3.86. The number of hydrogen-bond acceptors (Lipinski definition) is 4. The van der Waals surface area contributed by atoms with Crippen molar-refractivity contribution in [2.45, 2.75) is 24.9 Å². The zero-order valence-electron chi connectivity index (χ0n) is 12.9. The van der Waals surface area contributed by atoms with Crippen molar-refractivity contribution >= 4 is 11.8 Å². The van der Waals surface area contributed by atoms with Gasteiger partial charge in [-0.05, 0) is 24.6 Å². The van der Waals surface area contributed by atoms with E-state index in [4.69, 9.17) is 9.84 Å². The summed E-state index contributed by atoms with van der Waals surface area (Å²) in [5, 5.41) is 11.3. The number of ether oxygens (including phenoxy) is 1. The number of rotatable bonds is 3. The highest BCUT2D eigenvalue weighted by Gasteiger charge is 2.38. The first-order valence-corrected chi connectivity index (χ1v) is 7.46. The van der Waals surface area contributed by atoms with E-state index in [1.165, 1.54) is 30.6 Å². The van der Waals surface area contributed by atoms with Crippen molar-refractivity contribution in [1.29, 1.82) is 0 Å². The molecule has 1 aliphatic heterocycles. The number of pyridine rings is 2. The van der Waals surface area contributed by atoms with Crippen LogP contribution < -0.4 is 5.32 Å². The van der Waals surface area contributed by atoms with Crippen molar-refractivity contribution in [1.82, 2.24) is 9.97 Å². The molecule has 9 heteroatoms. The third-order valence-corrected chi connectivity index (χ3v) is 3.80. The SMILES string of the molecule is O=C(O)Nc1c(-c2ncccc2F)ccnc1C1CCC(F)(F)CO1. The molecule has 1 fully saturated rings. The summed E-state index contributed by atoms with van der Waals surface area (Å²) in [6.45, 7) is -0.784. The monoisotopic (exact) mass is 353 g/mol. The van der Waals surface area contributed by atoms with E-state index >= 15 is 0 Å². The zero-order chi connectivity index (χ0) is 18.0. The molecule has 25 heavy (non-hydrogen) atoms. The minimum Gasteiger partial charge on any atom is -0.465 e. The number of hydrogen-bond donors (Lipinski definition) is 2. The van der Waals surface area contributed by atoms with E-state index in [2.05, 4.69) is 15.3 Å². The lowest BCUT2D eigenvalue weighted by atomic mass is 9.99. The lowest BCUT2D eigenvalue weighted by Gasteiger charge is -2.29. The van der Waals surface area contributed by atoms with E-state index in [9.17, 15) is 18.0 Å². The molecule has 3 rings (SSSR count). The molecule has 0 aliphatic carbocycles. The minimum absolute atomic E-state index is 0.0252. The maximum absolute atomic E-state index is 14.1. The number of carboxylic acid groups (broad SMARTS) is 1. The number of nitrogens with zero attached hydrogens (tertiary/aromatic N) is 2. The smallest absolute Gasteiger partial charge is 0.409 e. The molecule has 1 saturated heterocycles. The van der Waals surface area contributed by atoms with Crippen molar-refractivity contribution in [3.63, 3.8) is 0 Å². The molecule has 6 nitrogen and oxygen atoms in total. The third-order valence-electron chi connectivity index (χ3n) is 3.80. The van der Waals surface area contributed by atoms with Crippen LogP contribution in [-0.2, 0) is 4.74 Å². The summed E-state index contributed by atoms with van der Waals surface area (Å²) in [7, 11) is 0. The molecule has 0 spiro atoms. The second-order valence-corrected chi connectivity index (χ2v) is 5.58. The van der Waals surface area contributed by atoms with Crippen molar-refractivity contribution in [3.8, 4) is 11.3 Å². The minimum atomic E-state index is -2.93. The third kappa shape index (κ3) is 3.71. The average molecular weight is 353 g/mol. The molecule has 0 radical (unpaired) electrons. The Balaban J connectivity index is 2.06. The molecule has 1 atom stereocenters. The van der Waals surface area contributed by atoms with Gasteiger partial charge in [-0.1, -0.05) is 0 Å². The molecule has 2 aromatic rings. The molecule has 0 bridgehead atoms. The van der Waals surface area contributed by atoms with Crippen LogP contribution in [0.2, 0.25) is 0 Å². The summed E-state index contributed by atoms with van der Waals surface area (Å²) in [5.41, 5.74) is 0.186. The molecule has 1 amide bonds. The second-order valence-electron chi connectivity index (χ2n) is 5.58. The fraction of sp³-hybridized carbons (Fsp3) is 0.312. The van der Waals surface area contributed by atoms with E-state index in [1.54, 1.807) is 0 Å². The normalized spacial score (nSPS) is 19.4. The van der Waals surface area contributed by atoms with Crippen LogP contribution in [0, 0.1) is 5.82 Å². The van der Waals surface area contributed by atoms with Crippen LogP contribution in [0.25, 0.3) is 11.3 Å². The van der Waals surface area contributed by atoms with Gasteiger partial charge in [-0.2, -0.15) is 0 Å². The van der Waals surface area contributed by atoms with Gasteiger partial charge in [0.2, 0.25) is 0 Å². The maximum Gasteiger partial charge on any atom is 0.409 e. The van der Waals surface area contributed by atoms with Crippen molar-refractivity contribution < 1.29 is 27.8 Å². The summed E-state index contributed by atoms with van der Waals surface area (Å²) in [5.74, 6) is -3.58. The molecule has 132 valence electrons. The van der Waals surface area contributed by atoms with Gasteiger partial charge in [-0.3, -0.25) is 15.3 Å². The summed E-state index contributed by atoms with van der Waals surface area (Å²) in [6.07, 6.45) is 0.0280. The Labute approximate surface area is 140 Å². The van der Waals surface area contributed by atoms with E-state index in [0.29, 0.717) is 0 Å². The maximum atomic E-state index is 14.1. The first kappa shape index (κ1) is 17.2. The predicted molar refractivity (Wildman–Crippen MR) is 81.9 cm³/mol. The molecule has 0 aromatic carbocycles. The Bertz CT molecular complexity index is 791. The highest BCUT2D eigenvalue weighted by Crippen LogP contribution is 2.40. The first-order chi connectivity index (χ1) is 11.9. The summed E-state index contributed by atoms with van der Waals surface area (Å²) >= 11 is 0. The number of anilines is 1. The number of halogens is 3. The Morgan fingerprint density at radius 1 is 1.32 bits per heavy atom.